The molecule has 1 heterocycles. The van der Waals surface area contributed by atoms with Crippen molar-refractivity contribution in [2.75, 3.05) is 37.4 Å². The molecule has 7 nitrogen and oxygen atoms in total. The van der Waals surface area contributed by atoms with Crippen molar-refractivity contribution >= 4 is 21.6 Å². The lowest BCUT2D eigenvalue weighted by molar-refractivity contribution is 0.0643. The molecule has 1 N–H and O–H groups in total. The van der Waals surface area contributed by atoms with E-state index in [0.29, 0.717) is 18.7 Å². The summed E-state index contributed by atoms with van der Waals surface area (Å²) in [6.45, 7) is 6.09. The molecule has 0 radical (unpaired) electrons. The first-order valence-corrected chi connectivity index (χ1v) is 10.6. The summed E-state index contributed by atoms with van der Waals surface area (Å²) < 4.78 is 27.6. The summed E-state index contributed by atoms with van der Waals surface area (Å²) in [5, 5.41) is 9.11. The number of hydrogen-bond acceptors (Lipinski definition) is 5. The van der Waals surface area contributed by atoms with Gasteiger partial charge in [-0.1, -0.05) is 19.1 Å². The predicted octanol–water partition coefficient (Wildman–Crippen LogP) is 2.14. The minimum absolute atomic E-state index is 0.0348. The molecule has 3 rings (SSSR count). The van der Waals surface area contributed by atoms with Gasteiger partial charge in [0.05, 0.1) is 16.1 Å². The summed E-state index contributed by atoms with van der Waals surface area (Å²) >= 11 is 0. The summed E-state index contributed by atoms with van der Waals surface area (Å²) in [5.74, 6) is -0.0949. The van der Waals surface area contributed by atoms with Gasteiger partial charge in [0.15, 0.2) is 0 Å². The predicted molar refractivity (Wildman–Crippen MR) is 106 cm³/mol. The third-order valence-electron chi connectivity index (χ3n) is 4.81. The number of benzene rings is 2. The minimum atomic E-state index is -3.86. The highest BCUT2D eigenvalue weighted by Gasteiger charge is 2.22. The van der Waals surface area contributed by atoms with Gasteiger partial charge in [-0.05, 0) is 42.9 Å². The zero-order valence-corrected chi connectivity index (χ0v) is 16.4. The van der Waals surface area contributed by atoms with Crippen LogP contribution in [0.1, 0.15) is 22.8 Å². The molecule has 0 spiro atoms. The SMILES string of the molecule is CCN1CCN(C(=O)c2ccc(S(=O)(=O)Nc3ccccc3C#N)cc2)CC1. The first-order valence-electron chi connectivity index (χ1n) is 9.08. The number of likely N-dealkylation sites (N-methyl/N-ethyl adjacent to an activating group) is 1. The summed E-state index contributed by atoms with van der Waals surface area (Å²) in [6, 6.07) is 14.2. The van der Waals surface area contributed by atoms with Crippen molar-refractivity contribution < 1.29 is 13.2 Å². The molecule has 8 heteroatoms. The van der Waals surface area contributed by atoms with E-state index in [0.717, 1.165) is 19.6 Å². The average Bonchev–Trinajstić information content (AvgIpc) is 2.73. The second kappa shape index (κ2) is 8.42. The smallest absolute Gasteiger partial charge is 0.261 e. The number of rotatable bonds is 5. The Bertz CT molecular complexity index is 989. The summed E-state index contributed by atoms with van der Waals surface area (Å²) in [5.41, 5.74) is 0.921. The van der Waals surface area contributed by atoms with E-state index in [-0.39, 0.29) is 22.1 Å². The fourth-order valence-electron chi connectivity index (χ4n) is 3.10. The van der Waals surface area contributed by atoms with E-state index >= 15 is 0 Å². The molecular formula is C20H22N4O3S. The van der Waals surface area contributed by atoms with Crippen LogP contribution in [-0.4, -0.2) is 56.8 Å². The quantitative estimate of drug-likeness (QED) is 0.833. The van der Waals surface area contributed by atoms with Crippen LogP contribution in [0.15, 0.2) is 53.4 Å². The number of amides is 1. The van der Waals surface area contributed by atoms with Crippen LogP contribution < -0.4 is 4.72 Å². The third kappa shape index (κ3) is 4.32. The number of sulfonamides is 1. The van der Waals surface area contributed by atoms with Crippen molar-refractivity contribution in [2.24, 2.45) is 0 Å². The second-order valence-electron chi connectivity index (χ2n) is 6.51. The summed E-state index contributed by atoms with van der Waals surface area (Å²) in [7, 11) is -3.86. The normalized spacial score (nSPS) is 15.1. The Labute approximate surface area is 165 Å². The van der Waals surface area contributed by atoms with Gasteiger partial charge in [0.1, 0.15) is 6.07 Å². The average molecular weight is 398 g/mol. The molecule has 0 bridgehead atoms. The Morgan fingerprint density at radius 3 is 2.32 bits per heavy atom. The van der Waals surface area contributed by atoms with Crippen molar-refractivity contribution in [2.45, 2.75) is 11.8 Å². The maximum atomic E-state index is 12.6. The molecule has 1 amide bonds. The molecule has 0 aliphatic carbocycles. The zero-order chi connectivity index (χ0) is 20.1. The van der Waals surface area contributed by atoms with Gasteiger partial charge in [0.2, 0.25) is 0 Å². The number of nitrogens with zero attached hydrogens (tertiary/aromatic N) is 3. The van der Waals surface area contributed by atoms with E-state index < -0.39 is 10.0 Å². The van der Waals surface area contributed by atoms with Crippen LogP contribution in [0.4, 0.5) is 5.69 Å². The zero-order valence-electron chi connectivity index (χ0n) is 15.6. The molecule has 1 aliphatic rings. The van der Waals surface area contributed by atoms with Gasteiger partial charge in [-0.25, -0.2) is 8.42 Å². The highest BCUT2D eigenvalue weighted by atomic mass is 32.2. The van der Waals surface area contributed by atoms with Gasteiger partial charge in [-0.2, -0.15) is 5.26 Å². The molecule has 2 aromatic carbocycles. The molecule has 0 atom stereocenters. The molecule has 146 valence electrons. The number of para-hydroxylation sites is 1. The number of nitrogens with one attached hydrogen (secondary N) is 1. The van der Waals surface area contributed by atoms with Crippen LogP contribution in [0.25, 0.3) is 0 Å². The largest absolute Gasteiger partial charge is 0.336 e. The molecule has 2 aromatic rings. The lowest BCUT2D eigenvalue weighted by atomic mass is 10.2. The van der Waals surface area contributed by atoms with E-state index in [1.807, 2.05) is 6.07 Å². The highest BCUT2D eigenvalue weighted by molar-refractivity contribution is 7.92. The highest BCUT2D eigenvalue weighted by Crippen LogP contribution is 2.20. The van der Waals surface area contributed by atoms with Crippen LogP contribution in [0.3, 0.4) is 0 Å². The van der Waals surface area contributed by atoms with Crippen LogP contribution >= 0.6 is 0 Å². The second-order valence-corrected chi connectivity index (χ2v) is 8.20. The van der Waals surface area contributed by atoms with E-state index in [2.05, 4.69) is 16.5 Å². The molecule has 0 unspecified atom stereocenters. The Kier molecular flexibility index (Phi) is 5.97. The standard InChI is InChI=1S/C20H22N4O3S/c1-2-23-11-13-24(14-12-23)20(25)16-7-9-18(10-8-16)28(26,27)22-19-6-4-3-5-17(19)15-21/h3-10,22H,2,11-14H2,1H3. The first-order chi connectivity index (χ1) is 13.4. The van der Waals surface area contributed by atoms with E-state index in [4.69, 9.17) is 5.26 Å². The topological polar surface area (TPSA) is 93.5 Å². The van der Waals surface area contributed by atoms with Gasteiger partial charge >= 0.3 is 0 Å². The third-order valence-corrected chi connectivity index (χ3v) is 6.19. The van der Waals surface area contributed by atoms with Gasteiger partial charge in [0, 0.05) is 31.7 Å². The molecule has 1 aliphatic heterocycles. The van der Waals surface area contributed by atoms with E-state index in [9.17, 15) is 13.2 Å². The van der Waals surface area contributed by atoms with Crippen LogP contribution in [0.5, 0.6) is 0 Å². The molecule has 0 aromatic heterocycles. The van der Waals surface area contributed by atoms with Crippen molar-refractivity contribution in [3.63, 3.8) is 0 Å². The minimum Gasteiger partial charge on any atom is -0.336 e. The first kappa shape index (κ1) is 19.9. The molecular weight excluding hydrogens is 376 g/mol. The van der Waals surface area contributed by atoms with Crippen molar-refractivity contribution in [1.29, 1.82) is 5.26 Å². The van der Waals surface area contributed by atoms with Crippen LogP contribution in [-0.2, 0) is 10.0 Å². The van der Waals surface area contributed by atoms with E-state index in [1.54, 1.807) is 17.0 Å². The maximum Gasteiger partial charge on any atom is 0.261 e. The maximum absolute atomic E-state index is 12.6. The van der Waals surface area contributed by atoms with Crippen molar-refractivity contribution in [3.05, 3.63) is 59.7 Å². The molecule has 1 saturated heterocycles. The number of nitriles is 1. The number of anilines is 1. The molecule has 28 heavy (non-hydrogen) atoms. The summed E-state index contributed by atoms with van der Waals surface area (Å²) in [6.07, 6.45) is 0. The summed E-state index contributed by atoms with van der Waals surface area (Å²) in [4.78, 5) is 16.7. The van der Waals surface area contributed by atoms with Gasteiger partial charge < -0.3 is 9.80 Å². The number of carbonyl (C=O) groups is 1. The molecule has 1 fully saturated rings. The van der Waals surface area contributed by atoms with Gasteiger partial charge in [0.25, 0.3) is 15.9 Å². The lowest BCUT2D eigenvalue weighted by Crippen LogP contribution is -2.48. The Hall–Kier alpha value is -2.89. The number of hydrogen-bond donors (Lipinski definition) is 1. The fourth-order valence-corrected chi connectivity index (χ4v) is 4.18. The van der Waals surface area contributed by atoms with Gasteiger partial charge in [-0.3, -0.25) is 9.52 Å². The molecule has 0 saturated carbocycles. The Balaban J connectivity index is 1.73. The number of piperazine rings is 1. The number of carbonyl (C=O) groups excluding carboxylic acids is 1. The Morgan fingerprint density at radius 1 is 1.07 bits per heavy atom. The van der Waals surface area contributed by atoms with Crippen molar-refractivity contribution in [3.8, 4) is 6.07 Å². The monoisotopic (exact) mass is 398 g/mol. The van der Waals surface area contributed by atoms with Crippen LogP contribution in [0, 0.1) is 11.3 Å². The lowest BCUT2D eigenvalue weighted by Gasteiger charge is -2.34. The van der Waals surface area contributed by atoms with Gasteiger partial charge in [-0.15, -0.1) is 0 Å². The Morgan fingerprint density at radius 2 is 1.71 bits per heavy atom. The van der Waals surface area contributed by atoms with Crippen molar-refractivity contribution in [1.82, 2.24) is 9.80 Å². The van der Waals surface area contributed by atoms with E-state index in [1.165, 1.54) is 36.4 Å². The fraction of sp³-hybridized carbons (Fsp3) is 0.300. The van der Waals surface area contributed by atoms with Crippen LogP contribution in [0.2, 0.25) is 0 Å².